The van der Waals surface area contributed by atoms with Crippen LogP contribution in [-0.2, 0) is 9.47 Å². The third-order valence-electron chi connectivity index (χ3n) is 3.66. The first-order chi connectivity index (χ1) is 9.55. The molecule has 1 aromatic carbocycles. The number of anilines is 2. The zero-order valence-electron chi connectivity index (χ0n) is 12.2. The minimum atomic E-state index is -0.407. The molecule has 0 aliphatic heterocycles. The number of hydrogen-bond acceptors (Lipinski definition) is 5. The Morgan fingerprint density at radius 3 is 2.75 bits per heavy atom. The highest BCUT2D eigenvalue weighted by Crippen LogP contribution is 2.29. The van der Waals surface area contributed by atoms with Gasteiger partial charge in [0.15, 0.2) is 0 Å². The molecule has 0 radical (unpaired) electrons. The topological polar surface area (TPSA) is 73.6 Å². The molecule has 1 aliphatic carbocycles. The first kappa shape index (κ1) is 14.7. The number of rotatable bonds is 5. The van der Waals surface area contributed by atoms with Crippen molar-refractivity contribution in [2.45, 2.75) is 38.8 Å². The molecule has 3 N–H and O–H groups in total. The Hall–Kier alpha value is -1.75. The summed E-state index contributed by atoms with van der Waals surface area (Å²) in [5.41, 5.74) is 8.58. The van der Waals surface area contributed by atoms with Gasteiger partial charge in [0.05, 0.1) is 18.8 Å². The first-order valence-corrected chi connectivity index (χ1v) is 6.91. The van der Waals surface area contributed by atoms with E-state index in [-0.39, 0.29) is 0 Å². The van der Waals surface area contributed by atoms with E-state index in [0.717, 1.165) is 30.7 Å². The summed E-state index contributed by atoms with van der Waals surface area (Å²) in [6.07, 6.45) is 2.34. The second-order valence-electron chi connectivity index (χ2n) is 5.14. The van der Waals surface area contributed by atoms with Crippen LogP contribution in [0.1, 0.15) is 35.7 Å². The highest BCUT2D eigenvalue weighted by Gasteiger charge is 2.29. The van der Waals surface area contributed by atoms with Crippen molar-refractivity contribution in [2.75, 3.05) is 24.8 Å². The Labute approximate surface area is 119 Å². The molecule has 0 spiro atoms. The fourth-order valence-electron chi connectivity index (χ4n) is 2.45. The molecular weight excluding hydrogens is 256 g/mol. The molecular formula is C15H22N2O3. The summed E-state index contributed by atoms with van der Waals surface area (Å²) < 4.78 is 10.3. The molecule has 0 atom stereocenters. The van der Waals surface area contributed by atoms with Crippen molar-refractivity contribution in [3.8, 4) is 0 Å². The average Bonchev–Trinajstić information content (AvgIpc) is 2.39. The van der Waals surface area contributed by atoms with Crippen LogP contribution >= 0.6 is 0 Å². The second-order valence-corrected chi connectivity index (χ2v) is 5.14. The van der Waals surface area contributed by atoms with Crippen molar-refractivity contribution in [2.24, 2.45) is 0 Å². The molecule has 20 heavy (non-hydrogen) atoms. The molecule has 0 amide bonds. The average molecular weight is 278 g/mol. The van der Waals surface area contributed by atoms with Crippen molar-refractivity contribution in [3.05, 3.63) is 23.3 Å². The molecule has 5 heteroatoms. The number of hydrogen-bond donors (Lipinski definition) is 2. The van der Waals surface area contributed by atoms with Gasteiger partial charge in [0.1, 0.15) is 0 Å². The fourth-order valence-corrected chi connectivity index (χ4v) is 2.45. The Balaban J connectivity index is 2.06. The van der Waals surface area contributed by atoms with Gasteiger partial charge in [0.25, 0.3) is 0 Å². The number of aryl methyl sites for hydroxylation is 1. The van der Waals surface area contributed by atoms with E-state index >= 15 is 0 Å². The standard InChI is InChI=1S/C15H22N2O3/c1-4-20-12-6-11(7-12)17-10-5-9(2)14(16)13(8-10)15(18)19-3/h5,8,11-12,17H,4,6-7,16H2,1-3H3. The quantitative estimate of drug-likeness (QED) is 0.639. The van der Waals surface area contributed by atoms with Crippen LogP contribution in [0.5, 0.6) is 0 Å². The summed E-state index contributed by atoms with van der Waals surface area (Å²) in [6, 6.07) is 4.10. The maximum Gasteiger partial charge on any atom is 0.340 e. The van der Waals surface area contributed by atoms with Gasteiger partial charge in [-0.3, -0.25) is 0 Å². The number of nitrogens with two attached hydrogens (primary N) is 1. The van der Waals surface area contributed by atoms with Crippen molar-refractivity contribution >= 4 is 17.3 Å². The zero-order valence-corrected chi connectivity index (χ0v) is 12.2. The highest BCUT2D eigenvalue weighted by atomic mass is 16.5. The molecule has 1 saturated carbocycles. The molecule has 5 nitrogen and oxygen atoms in total. The fraction of sp³-hybridized carbons (Fsp3) is 0.533. The van der Waals surface area contributed by atoms with Gasteiger partial charge in [-0.1, -0.05) is 0 Å². The molecule has 0 bridgehead atoms. The van der Waals surface area contributed by atoms with Crippen LogP contribution in [0.2, 0.25) is 0 Å². The van der Waals surface area contributed by atoms with Crippen LogP contribution in [0.3, 0.4) is 0 Å². The van der Waals surface area contributed by atoms with Gasteiger partial charge >= 0.3 is 5.97 Å². The summed E-state index contributed by atoms with van der Waals surface area (Å²) >= 11 is 0. The van der Waals surface area contributed by atoms with Crippen LogP contribution in [0, 0.1) is 6.92 Å². The zero-order chi connectivity index (χ0) is 14.7. The van der Waals surface area contributed by atoms with Crippen molar-refractivity contribution in [1.29, 1.82) is 0 Å². The van der Waals surface area contributed by atoms with E-state index in [4.69, 9.17) is 15.2 Å². The van der Waals surface area contributed by atoms with Gasteiger partial charge in [0, 0.05) is 24.0 Å². The number of methoxy groups -OCH3 is 1. The molecule has 2 rings (SSSR count). The molecule has 0 aromatic heterocycles. The Kier molecular flexibility index (Phi) is 4.49. The van der Waals surface area contributed by atoms with E-state index in [1.165, 1.54) is 7.11 Å². The van der Waals surface area contributed by atoms with Gasteiger partial charge in [-0.2, -0.15) is 0 Å². The largest absolute Gasteiger partial charge is 0.465 e. The first-order valence-electron chi connectivity index (χ1n) is 6.91. The van der Waals surface area contributed by atoms with E-state index < -0.39 is 5.97 Å². The summed E-state index contributed by atoms with van der Waals surface area (Å²) in [7, 11) is 1.36. The van der Waals surface area contributed by atoms with Crippen molar-refractivity contribution in [1.82, 2.24) is 0 Å². The number of nitrogens with one attached hydrogen (secondary N) is 1. The lowest BCUT2D eigenvalue weighted by molar-refractivity contribution is 0.00298. The van der Waals surface area contributed by atoms with Crippen LogP contribution in [0.15, 0.2) is 12.1 Å². The van der Waals surface area contributed by atoms with Gasteiger partial charge < -0.3 is 20.5 Å². The van der Waals surface area contributed by atoms with Crippen molar-refractivity contribution < 1.29 is 14.3 Å². The van der Waals surface area contributed by atoms with Gasteiger partial charge in [-0.15, -0.1) is 0 Å². The smallest absolute Gasteiger partial charge is 0.340 e. The van der Waals surface area contributed by atoms with Crippen LogP contribution in [-0.4, -0.2) is 31.8 Å². The monoisotopic (exact) mass is 278 g/mol. The van der Waals surface area contributed by atoms with Crippen LogP contribution in [0.4, 0.5) is 11.4 Å². The Morgan fingerprint density at radius 2 is 2.15 bits per heavy atom. The highest BCUT2D eigenvalue weighted by molar-refractivity contribution is 5.97. The number of carbonyl (C=O) groups excluding carboxylic acids is 1. The lowest BCUT2D eigenvalue weighted by atomic mass is 9.89. The minimum Gasteiger partial charge on any atom is -0.465 e. The third-order valence-corrected chi connectivity index (χ3v) is 3.66. The predicted octanol–water partition coefficient (Wildman–Crippen LogP) is 2.34. The minimum absolute atomic E-state index is 0.354. The van der Waals surface area contributed by atoms with Gasteiger partial charge in [-0.25, -0.2) is 4.79 Å². The second kappa shape index (κ2) is 6.13. The number of ether oxygens (including phenoxy) is 2. The lowest BCUT2D eigenvalue weighted by Crippen LogP contribution is -2.40. The normalized spacial score (nSPS) is 21.1. The number of nitrogen functional groups attached to an aromatic ring is 1. The van der Waals surface area contributed by atoms with E-state index in [2.05, 4.69) is 5.32 Å². The summed E-state index contributed by atoms with van der Waals surface area (Å²) in [4.78, 5) is 11.7. The van der Waals surface area contributed by atoms with E-state index in [9.17, 15) is 4.79 Å². The summed E-state index contributed by atoms with van der Waals surface area (Å²) in [5, 5.41) is 3.41. The molecule has 1 aliphatic rings. The van der Waals surface area contributed by atoms with Crippen molar-refractivity contribution in [3.63, 3.8) is 0 Å². The van der Waals surface area contributed by atoms with Crippen LogP contribution in [0.25, 0.3) is 0 Å². The number of benzene rings is 1. The molecule has 110 valence electrons. The van der Waals surface area contributed by atoms with E-state index in [1.807, 2.05) is 19.9 Å². The van der Waals surface area contributed by atoms with E-state index in [1.54, 1.807) is 6.07 Å². The maximum atomic E-state index is 11.7. The molecule has 0 unspecified atom stereocenters. The SMILES string of the molecule is CCOC1CC(Nc2cc(C)c(N)c(C(=O)OC)c2)C1. The van der Waals surface area contributed by atoms with Gasteiger partial charge in [-0.05, 0) is 44.4 Å². The number of carbonyl (C=O) groups is 1. The summed E-state index contributed by atoms with van der Waals surface area (Å²) in [6.45, 7) is 4.65. The molecule has 0 heterocycles. The third kappa shape index (κ3) is 3.04. The maximum absolute atomic E-state index is 11.7. The van der Waals surface area contributed by atoms with Gasteiger partial charge in [0.2, 0.25) is 0 Å². The molecule has 1 aromatic rings. The summed E-state index contributed by atoms with van der Waals surface area (Å²) in [5.74, 6) is -0.407. The van der Waals surface area contributed by atoms with E-state index in [0.29, 0.717) is 23.4 Å². The molecule has 1 fully saturated rings. The number of esters is 1. The Bertz CT molecular complexity index is 496. The lowest BCUT2D eigenvalue weighted by Gasteiger charge is -2.36. The van der Waals surface area contributed by atoms with Crippen LogP contribution < -0.4 is 11.1 Å². The molecule has 0 saturated heterocycles. The Morgan fingerprint density at radius 1 is 1.45 bits per heavy atom. The predicted molar refractivity (Wildman–Crippen MR) is 79.0 cm³/mol.